The lowest BCUT2D eigenvalue weighted by molar-refractivity contribution is 0.0265. The number of rotatable bonds is 7. The normalized spacial score (nSPS) is 24.7. The molecule has 0 spiro atoms. The number of likely N-dealkylation sites (tertiary alicyclic amines) is 1. The van der Waals surface area contributed by atoms with Crippen LogP contribution in [0.15, 0.2) is 72.8 Å². The van der Waals surface area contributed by atoms with Crippen LogP contribution in [0.25, 0.3) is 11.1 Å². The molecule has 1 saturated heterocycles. The Kier molecular flexibility index (Phi) is 6.47. The largest absolute Gasteiger partial charge is 0.341 e. The Hall–Kier alpha value is -3.24. The van der Waals surface area contributed by atoms with Gasteiger partial charge in [-0.1, -0.05) is 74.5 Å². The summed E-state index contributed by atoms with van der Waals surface area (Å²) in [6.07, 6.45) is 4.44. The zero-order valence-corrected chi connectivity index (χ0v) is 22.8. The fourth-order valence-electron chi connectivity index (χ4n) is 6.65. The minimum atomic E-state index is -0.0800. The van der Waals surface area contributed by atoms with Gasteiger partial charge in [0.1, 0.15) is 0 Å². The summed E-state index contributed by atoms with van der Waals surface area (Å²) in [6, 6.07) is 24.8. The van der Waals surface area contributed by atoms with Crippen LogP contribution >= 0.6 is 0 Å². The highest BCUT2D eigenvalue weighted by Gasteiger charge is 2.53. The average Bonchev–Trinajstić information content (AvgIpc) is 3.77. The number of hydrogen-bond donors (Lipinski definition) is 0. The molecule has 3 aliphatic rings. The number of benzene rings is 3. The van der Waals surface area contributed by atoms with E-state index in [1.54, 1.807) is 0 Å². The number of amides is 1. The van der Waals surface area contributed by atoms with Crippen molar-refractivity contribution in [1.29, 1.82) is 0 Å². The lowest BCUT2D eigenvalue weighted by Gasteiger charge is -2.53. The minimum absolute atomic E-state index is 0.0192. The highest BCUT2D eigenvalue weighted by atomic mass is 16.2. The molecule has 1 aliphatic heterocycles. The zero-order chi connectivity index (χ0) is 26.4. The fourth-order valence-corrected chi connectivity index (χ4v) is 6.65. The van der Waals surface area contributed by atoms with E-state index in [1.807, 2.05) is 36.2 Å². The summed E-state index contributed by atoms with van der Waals surface area (Å²) in [5, 5.41) is 0. The predicted octanol–water partition coefficient (Wildman–Crippen LogP) is 6.24. The first-order valence-corrected chi connectivity index (χ1v) is 14.2. The third-order valence-electron chi connectivity index (χ3n) is 9.54. The third kappa shape index (κ3) is 4.49. The van der Waals surface area contributed by atoms with E-state index in [-0.39, 0.29) is 29.1 Å². The Labute approximate surface area is 226 Å². The van der Waals surface area contributed by atoms with Crippen LogP contribution in [0.3, 0.4) is 0 Å². The van der Waals surface area contributed by atoms with Crippen LogP contribution in [0.5, 0.6) is 0 Å². The minimum Gasteiger partial charge on any atom is -0.341 e. The van der Waals surface area contributed by atoms with E-state index in [0.717, 1.165) is 43.0 Å². The lowest BCUT2D eigenvalue weighted by atomic mass is 9.58. The summed E-state index contributed by atoms with van der Waals surface area (Å²) in [4.78, 5) is 31.4. The quantitative estimate of drug-likeness (QED) is 0.381. The van der Waals surface area contributed by atoms with E-state index < -0.39 is 0 Å². The van der Waals surface area contributed by atoms with E-state index >= 15 is 0 Å². The number of piperidine rings is 1. The molecular weight excluding hydrogens is 468 g/mol. The highest BCUT2D eigenvalue weighted by Crippen LogP contribution is 2.49. The van der Waals surface area contributed by atoms with Crippen LogP contribution in [-0.4, -0.2) is 54.2 Å². The molecule has 1 amide bonds. The van der Waals surface area contributed by atoms with Crippen molar-refractivity contribution in [2.75, 3.05) is 26.7 Å². The van der Waals surface area contributed by atoms with Gasteiger partial charge in [-0.2, -0.15) is 0 Å². The molecule has 196 valence electrons. The fraction of sp³-hybridized carbons (Fsp3) is 0.412. The number of hydrogen-bond acceptors (Lipinski definition) is 3. The van der Waals surface area contributed by atoms with Gasteiger partial charge in [0.25, 0.3) is 5.91 Å². The van der Waals surface area contributed by atoms with Crippen LogP contribution in [-0.2, 0) is 11.8 Å². The first-order valence-electron chi connectivity index (χ1n) is 14.2. The van der Waals surface area contributed by atoms with Gasteiger partial charge in [0.2, 0.25) is 0 Å². The molecule has 2 bridgehead atoms. The standard InChI is InChI=1S/C34H38N2O2/c1-23-31-32(37)29-16-15-28(21-30(29)34(23,2)18-20-36(31)22-25-9-10-25)33(38)35(3)19-17-24-11-13-27(14-12-24)26-7-5-4-6-8-26/h4-8,11-16,21,23,25,31H,9-10,17-20,22H2,1-3H3/t23-,31+,34-/m0/s1. The Balaban J connectivity index is 1.16. The summed E-state index contributed by atoms with van der Waals surface area (Å²) in [6.45, 7) is 7.22. The monoisotopic (exact) mass is 506 g/mol. The van der Waals surface area contributed by atoms with Crippen molar-refractivity contribution in [2.24, 2.45) is 11.8 Å². The first kappa shape index (κ1) is 25.1. The number of nitrogens with zero attached hydrogens (tertiary/aromatic N) is 2. The van der Waals surface area contributed by atoms with Crippen molar-refractivity contribution in [3.63, 3.8) is 0 Å². The van der Waals surface area contributed by atoms with Crippen molar-refractivity contribution < 1.29 is 9.59 Å². The summed E-state index contributed by atoms with van der Waals surface area (Å²) < 4.78 is 0. The van der Waals surface area contributed by atoms with Crippen LogP contribution in [0.2, 0.25) is 0 Å². The molecule has 1 saturated carbocycles. The molecule has 0 N–H and O–H groups in total. The SMILES string of the molecule is C[C@H]1[C@@H]2C(=O)c3ccc(C(=O)N(C)CCc4ccc(-c5ccccc5)cc4)cc3[C@@]1(C)CCN2CC1CC1. The predicted molar refractivity (Wildman–Crippen MR) is 153 cm³/mol. The van der Waals surface area contributed by atoms with Gasteiger partial charge in [0.15, 0.2) is 5.78 Å². The molecule has 4 nitrogen and oxygen atoms in total. The van der Waals surface area contributed by atoms with Gasteiger partial charge in [0, 0.05) is 31.3 Å². The number of likely N-dealkylation sites (N-methyl/N-ethyl adjacent to an activating group) is 1. The van der Waals surface area contributed by atoms with Crippen LogP contribution < -0.4 is 0 Å². The number of ketones is 1. The molecule has 0 unspecified atom stereocenters. The summed E-state index contributed by atoms with van der Waals surface area (Å²) >= 11 is 0. The molecule has 3 aromatic rings. The number of Topliss-reactive ketones (excluding diaryl/α,β-unsaturated/α-hetero) is 1. The molecule has 2 aliphatic carbocycles. The zero-order valence-electron chi connectivity index (χ0n) is 22.8. The third-order valence-corrected chi connectivity index (χ3v) is 9.54. The Morgan fingerprint density at radius 1 is 1.00 bits per heavy atom. The Morgan fingerprint density at radius 2 is 1.71 bits per heavy atom. The Bertz CT molecular complexity index is 1340. The van der Waals surface area contributed by atoms with Crippen LogP contribution in [0, 0.1) is 11.8 Å². The van der Waals surface area contributed by atoms with E-state index in [4.69, 9.17) is 0 Å². The molecule has 4 heteroatoms. The summed E-state index contributed by atoms with van der Waals surface area (Å²) in [5.41, 5.74) is 6.13. The maximum absolute atomic E-state index is 13.6. The molecule has 6 rings (SSSR count). The highest BCUT2D eigenvalue weighted by molar-refractivity contribution is 6.05. The van der Waals surface area contributed by atoms with Gasteiger partial charge in [-0.15, -0.1) is 0 Å². The molecule has 2 fully saturated rings. The second-order valence-corrected chi connectivity index (χ2v) is 12.0. The molecule has 1 heterocycles. The number of carbonyl (C=O) groups excluding carboxylic acids is 2. The van der Waals surface area contributed by atoms with Crippen molar-refractivity contribution in [3.05, 3.63) is 95.1 Å². The van der Waals surface area contributed by atoms with E-state index in [0.29, 0.717) is 12.1 Å². The van der Waals surface area contributed by atoms with Crippen LogP contribution in [0.1, 0.15) is 65.0 Å². The van der Waals surface area contributed by atoms with Crippen LogP contribution in [0.4, 0.5) is 0 Å². The first-order chi connectivity index (χ1) is 18.3. The van der Waals surface area contributed by atoms with Gasteiger partial charge < -0.3 is 4.90 Å². The van der Waals surface area contributed by atoms with Gasteiger partial charge in [-0.05, 0) is 83.9 Å². The average molecular weight is 507 g/mol. The maximum Gasteiger partial charge on any atom is 0.253 e. The second kappa shape index (κ2) is 9.81. The molecule has 0 radical (unpaired) electrons. The van der Waals surface area contributed by atoms with Gasteiger partial charge in [-0.3, -0.25) is 14.5 Å². The lowest BCUT2D eigenvalue weighted by Crippen LogP contribution is -2.61. The van der Waals surface area contributed by atoms with Gasteiger partial charge >= 0.3 is 0 Å². The van der Waals surface area contributed by atoms with Crippen molar-refractivity contribution in [3.8, 4) is 11.1 Å². The topological polar surface area (TPSA) is 40.6 Å². The summed E-state index contributed by atoms with van der Waals surface area (Å²) in [7, 11) is 1.88. The Morgan fingerprint density at radius 3 is 2.42 bits per heavy atom. The molecule has 3 atom stereocenters. The van der Waals surface area contributed by atoms with Crippen molar-refractivity contribution in [1.82, 2.24) is 9.80 Å². The summed E-state index contributed by atoms with van der Waals surface area (Å²) in [5.74, 6) is 1.29. The van der Waals surface area contributed by atoms with Gasteiger partial charge in [0.05, 0.1) is 6.04 Å². The molecule has 38 heavy (non-hydrogen) atoms. The maximum atomic E-state index is 13.6. The van der Waals surface area contributed by atoms with Gasteiger partial charge in [-0.25, -0.2) is 0 Å². The molecule has 0 aromatic heterocycles. The van der Waals surface area contributed by atoms with E-state index in [9.17, 15) is 9.59 Å². The van der Waals surface area contributed by atoms with E-state index in [1.165, 1.54) is 29.5 Å². The second-order valence-electron chi connectivity index (χ2n) is 12.0. The number of fused-ring (bicyclic) bond motifs is 4. The number of carbonyl (C=O) groups is 2. The smallest absolute Gasteiger partial charge is 0.253 e. The molecular formula is C34H38N2O2. The van der Waals surface area contributed by atoms with Crippen molar-refractivity contribution >= 4 is 11.7 Å². The van der Waals surface area contributed by atoms with Crippen molar-refractivity contribution in [2.45, 2.75) is 51.0 Å². The van der Waals surface area contributed by atoms with E-state index in [2.05, 4.69) is 67.3 Å². The molecule has 3 aromatic carbocycles.